The average Bonchev–Trinajstić information content (AvgIpc) is 2.22. The third kappa shape index (κ3) is 2.75. The lowest BCUT2D eigenvalue weighted by atomic mass is 10.3. The largest absolute Gasteiger partial charge is 0.427 e. The molecule has 1 heterocycles. The molecule has 15 heavy (non-hydrogen) atoms. The first-order valence-corrected chi connectivity index (χ1v) is 5.41. The Morgan fingerprint density at radius 1 is 1.33 bits per heavy atom. The third-order valence-corrected chi connectivity index (χ3v) is 2.28. The number of rotatable bonds is 5. The van der Waals surface area contributed by atoms with Crippen LogP contribution in [-0.2, 0) is 0 Å². The van der Waals surface area contributed by atoms with Gasteiger partial charge in [-0.1, -0.05) is 13.8 Å². The summed E-state index contributed by atoms with van der Waals surface area (Å²) in [6.45, 7) is 6.07. The molecule has 0 aromatic carbocycles. The molecular formula is C11H19N3O. The predicted octanol–water partition coefficient (Wildman–Crippen LogP) is 1.83. The van der Waals surface area contributed by atoms with E-state index in [0.29, 0.717) is 0 Å². The number of nitrogens with one attached hydrogen (secondary N) is 1. The van der Waals surface area contributed by atoms with Gasteiger partial charge in [-0.15, -0.1) is 0 Å². The van der Waals surface area contributed by atoms with Gasteiger partial charge in [-0.25, -0.2) is 0 Å². The van der Waals surface area contributed by atoms with Gasteiger partial charge in [0.05, 0.1) is 5.69 Å². The van der Waals surface area contributed by atoms with E-state index in [1.165, 1.54) is 6.20 Å². The van der Waals surface area contributed by atoms with E-state index >= 15 is 0 Å². The Morgan fingerprint density at radius 3 is 2.47 bits per heavy atom. The smallest absolute Gasteiger partial charge is 0.184 e. The van der Waals surface area contributed by atoms with Crippen molar-refractivity contribution in [2.24, 2.45) is 0 Å². The number of pyridine rings is 1. The Bertz CT molecular complexity index is 353. The van der Waals surface area contributed by atoms with E-state index in [9.17, 15) is 5.21 Å². The van der Waals surface area contributed by atoms with E-state index in [1.54, 1.807) is 6.07 Å². The molecule has 0 saturated heterocycles. The van der Waals surface area contributed by atoms with E-state index in [-0.39, 0.29) is 5.49 Å². The molecular weight excluding hydrogens is 190 g/mol. The second-order valence-electron chi connectivity index (χ2n) is 3.57. The van der Waals surface area contributed by atoms with E-state index in [1.807, 2.05) is 6.07 Å². The first-order chi connectivity index (χ1) is 7.20. The van der Waals surface area contributed by atoms with Crippen molar-refractivity contribution in [1.29, 1.82) is 5.41 Å². The molecule has 0 saturated carbocycles. The molecule has 1 aromatic rings. The van der Waals surface area contributed by atoms with Crippen LogP contribution in [0, 0.1) is 5.41 Å². The van der Waals surface area contributed by atoms with Crippen LogP contribution in [0.3, 0.4) is 0 Å². The van der Waals surface area contributed by atoms with Crippen LogP contribution in [0.4, 0.5) is 5.69 Å². The highest BCUT2D eigenvalue weighted by atomic mass is 16.5. The molecule has 4 nitrogen and oxygen atoms in total. The molecule has 84 valence electrons. The summed E-state index contributed by atoms with van der Waals surface area (Å²) in [6, 6.07) is 3.63. The number of aromatic nitrogens is 1. The molecule has 1 aromatic heterocycles. The minimum absolute atomic E-state index is 0.152. The molecule has 2 N–H and O–H groups in total. The Labute approximate surface area is 90.2 Å². The highest BCUT2D eigenvalue weighted by Crippen LogP contribution is 2.08. The highest BCUT2D eigenvalue weighted by Gasteiger charge is 2.07. The maximum atomic E-state index is 9.39. The van der Waals surface area contributed by atoms with Crippen LogP contribution >= 0.6 is 0 Å². The van der Waals surface area contributed by atoms with Gasteiger partial charge in [-0.05, 0) is 25.0 Å². The van der Waals surface area contributed by atoms with Crippen molar-refractivity contribution >= 4 is 5.69 Å². The third-order valence-electron chi connectivity index (χ3n) is 2.28. The lowest BCUT2D eigenvalue weighted by Gasteiger charge is -2.23. The molecule has 0 aliphatic rings. The highest BCUT2D eigenvalue weighted by molar-refractivity contribution is 5.42. The fraction of sp³-hybridized carbons (Fsp3) is 0.545. The molecule has 0 unspecified atom stereocenters. The fourth-order valence-corrected chi connectivity index (χ4v) is 1.63. The summed E-state index contributed by atoms with van der Waals surface area (Å²) in [6.07, 6.45) is 3.56. The minimum Gasteiger partial charge on any atom is -0.427 e. The normalized spacial score (nSPS) is 10.3. The van der Waals surface area contributed by atoms with Gasteiger partial charge < -0.3 is 10.1 Å². The SMILES string of the molecule is CCCN(CCC)c1cccn(O)c1=N. The topological polar surface area (TPSA) is 52.2 Å². The van der Waals surface area contributed by atoms with Crippen molar-refractivity contribution in [2.45, 2.75) is 26.7 Å². The zero-order chi connectivity index (χ0) is 11.3. The maximum Gasteiger partial charge on any atom is 0.184 e. The molecule has 0 amide bonds. The van der Waals surface area contributed by atoms with Crippen LogP contribution in [0.1, 0.15) is 26.7 Å². The zero-order valence-electron chi connectivity index (χ0n) is 9.40. The summed E-state index contributed by atoms with van der Waals surface area (Å²) in [4.78, 5) is 2.13. The summed E-state index contributed by atoms with van der Waals surface area (Å²) in [7, 11) is 0. The van der Waals surface area contributed by atoms with Crippen LogP contribution in [0.2, 0.25) is 0 Å². The predicted molar refractivity (Wildman–Crippen MR) is 60.3 cm³/mol. The summed E-state index contributed by atoms with van der Waals surface area (Å²) >= 11 is 0. The summed E-state index contributed by atoms with van der Waals surface area (Å²) in [5.74, 6) is 0. The quantitative estimate of drug-likeness (QED) is 0.727. The van der Waals surface area contributed by atoms with Gasteiger partial charge in [0.1, 0.15) is 0 Å². The molecule has 0 aliphatic heterocycles. The molecule has 1 rings (SSSR count). The molecule has 0 bridgehead atoms. The molecule has 0 radical (unpaired) electrons. The van der Waals surface area contributed by atoms with Crippen LogP contribution in [0.5, 0.6) is 0 Å². The number of hydrogen-bond donors (Lipinski definition) is 2. The van der Waals surface area contributed by atoms with Crippen molar-refractivity contribution in [3.63, 3.8) is 0 Å². The Hall–Kier alpha value is -1.45. The fourth-order valence-electron chi connectivity index (χ4n) is 1.63. The Kier molecular flexibility index (Phi) is 4.21. The maximum absolute atomic E-state index is 9.39. The molecule has 0 atom stereocenters. The average molecular weight is 209 g/mol. The number of hydrogen-bond acceptors (Lipinski definition) is 3. The van der Waals surface area contributed by atoms with E-state index in [2.05, 4.69) is 18.7 Å². The summed E-state index contributed by atoms with van der Waals surface area (Å²) in [5, 5.41) is 17.1. The number of anilines is 1. The second kappa shape index (κ2) is 5.44. The Balaban J connectivity index is 2.99. The lowest BCUT2D eigenvalue weighted by molar-refractivity contribution is 0.170. The van der Waals surface area contributed by atoms with E-state index in [0.717, 1.165) is 36.3 Å². The standard InChI is InChI=1S/C11H19N3O/c1-3-7-13(8-4-2)10-6-5-9-14(15)11(10)12/h5-6,9,12,15H,3-4,7-8H2,1-2H3. The van der Waals surface area contributed by atoms with Crippen LogP contribution in [-0.4, -0.2) is 23.0 Å². The van der Waals surface area contributed by atoms with E-state index in [4.69, 9.17) is 5.41 Å². The van der Waals surface area contributed by atoms with Gasteiger partial charge >= 0.3 is 0 Å². The van der Waals surface area contributed by atoms with Crippen LogP contribution < -0.4 is 10.4 Å². The molecule has 0 spiro atoms. The van der Waals surface area contributed by atoms with Crippen molar-refractivity contribution in [2.75, 3.05) is 18.0 Å². The monoisotopic (exact) mass is 209 g/mol. The van der Waals surface area contributed by atoms with Gasteiger partial charge in [-0.2, -0.15) is 4.73 Å². The number of nitrogens with zero attached hydrogens (tertiary/aromatic N) is 2. The molecule has 0 fully saturated rings. The second-order valence-corrected chi connectivity index (χ2v) is 3.57. The van der Waals surface area contributed by atoms with Gasteiger partial charge in [0.25, 0.3) is 0 Å². The lowest BCUT2D eigenvalue weighted by Crippen LogP contribution is -2.32. The van der Waals surface area contributed by atoms with Gasteiger partial charge in [0, 0.05) is 19.3 Å². The molecule has 0 aliphatic carbocycles. The molecule has 4 heteroatoms. The van der Waals surface area contributed by atoms with Crippen molar-refractivity contribution in [3.05, 3.63) is 23.8 Å². The first kappa shape index (κ1) is 11.6. The van der Waals surface area contributed by atoms with Gasteiger partial charge in [-0.3, -0.25) is 5.41 Å². The van der Waals surface area contributed by atoms with Crippen LogP contribution in [0.15, 0.2) is 18.3 Å². The van der Waals surface area contributed by atoms with Crippen molar-refractivity contribution in [3.8, 4) is 0 Å². The van der Waals surface area contributed by atoms with Gasteiger partial charge in [0.2, 0.25) is 0 Å². The van der Waals surface area contributed by atoms with E-state index < -0.39 is 0 Å². The summed E-state index contributed by atoms with van der Waals surface area (Å²) in [5.41, 5.74) is 0.947. The van der Waals surface area contributed by atoms with Crippen LogP contribution in [0.25, 0.3) is 0 Å². The first-order valence-electron chi connectivity index (χ1n) is 5.41. The summed E-state index contributed by atoms with van der Waals surface area (Å²) < 4.78 is 0.855. The van der Waals surface area contributed by atoms with Crippen molar-refractivity contribution in [1.82, 2.24) is 4.73 Å². The Morgan fingerprint density at radius 2 is 1.93 bits per heavy atom. The van der Waals surface area contributed by atoms with Gasteiger partial charge in [0.15, 0.2) is 5.49 Å². The minimum atomic E-state index is 0.152. The zero-order valence-corrected chi connectivity index (χ0v) is 9.40. The van der Waals surface area contributed by atoms with Crippen molar-refractivity contribution < 1.29 is 5.21 Å².